The Bertz CT molecular complexity index is 540. The van der Waals surface area contributed by atoms with E-state index >= 15 is 0 Å². The van der Waals surface area contributed by atoms with Crippen LogP contribution in [0.4, 0.5) is 0 Å². The first-order valence-corrected chi connectivity index (χ1v) is 7.46. The van der Waals surface area contributed by atoms with Gasteiger partial charge < -0.3 is 14.6 Å². The van der Waals surface area contributed by atoms with Crippen LogP contribution in [0.15, 0.2) is 39.3 Å². The van der Waals surface area contributed by atoms with Crippen LogP contribution in [-0.4, -0.2) is 11.7 Å². The van der Waals surface area contributed by atoms with Gasteiger partial charge in [-0.05, 0) is 30.7 Å². The van der Waals surface area contributed by atoms with E-state index in [-0.39, 0.29) is 0 Å². The second-order valence-electron chi connectivity index (χ2n) is 5.06. The van der Waals surface area contributed by atoms with Crippen molar-refractivity contribution in [1.29, 1.82) is 0 Å². The molecular formula is C15H19BrN2O2. The Hall–Kier alpha value is -1.33. The minimum Gasteiger partial charge on any atom is -0.486 e. The number of ether oxygens (including phenoxy) is 1. The number of nitrogens with zero attached hydrogens (tertiary/aromatic N) is 1. The van der Waals surface area contributed by atoms with Gasteiger partial charge in [-0.2, -0.15) is 0 Å². The normalized spacial score (nSPS) is 11.0. The number of halogens is 1. The molecule has 0 saturated heterocycles. The maximum atomic E-state index is 5.64. The van der Waals surface area contributed by atoms with Crippen molar-refractivity contribution >= 4 is 15.9 Å². The van der Waals surface area contributed by atoms with Crippen molar-refractivity contribution in [3.8, 4) is 5.75 Å². The molecule has 0 amide bonds. The predicted molar refractivity (Wildman–Crippen MR) is 81.5 cm³/mol. The molecule has 0 aliphatic rings. The number of nitrogens with one attached hydrogen (secondary N) is 1. The highest BCUT2D eigenvalue weighted by molar-refractivity contribution is 9.10. The van der Waals surface area contributed by atoms with E-state index in [1.165, 1.54) is 0 Å². The molecule has 2 aromatic rings. The summed E-state index contributed by atoms with van der Waals surface area (Å²) in [6.45, 7) is 6.42. The van der Waals surface area contributed by atoms with E-state index in [1.807, 2.05) is 30.3 Å². The highest BCUT2D eigenvalue weighted by atomic mass is 79.9. The molecule has 20 heavy (non-hydrogen) atoms. The zero-order valence-electron chi connectivity index (χ0n) is 11.7. The van der Waals surface area contributed by atoms with E-state index in [2.05, 4.69) is 40.3 Å². The maximum absolute atomic E-state index is 5.64. The summed E-state index contributed by atoms with van der Waals surface area (Å²) >= 11 is 3.41. The molecule has 0 fully saturated rings. The van der Waals surface area contributed by atoms with Gasteiger partial charge in [0.25, 0.3) is 0 Å². The monoisotopic (exact) mass is 338 g/mol. The summed E-state index contributed by atoms with van der Waals surface area (Å²) in [7, 11) is 0. The molecule has 0 saturated carbocycles. The van der Waals surface area contributed by atoms with E-state index < -0.39 is 0 Å². The molecule has 0 aliphatic heterocycles. The predicted octanol–water partition coefficient (Wildman–Crippen LogP) is 3.76. The molecule has 4 nitrogen and oxygen atoms in total. The largest absolute Gasteiger partial charge is 0.486 e. The van der Waals surface area contributed by atoms with E-state index in [9.17, 15) is 0 Å². The summed E-state index contributed by atoms with van der Waals surface area (Å²) in [6, 6.07) is 9.64. The van der Waals surface area contributed by atoms with E-state index in [4.69, 9.17) is 9.26 Å². The van der Waals surface area contributed by atoms with Crippen molar-refractivity contribution in [1.82, 2.24) is 10.5 Å². The number of hydrogen-bond acceptors (Lipinski definition) is 4. The first kappa shape index (κ1) is 15.1. The average Bonchev–Trinajstić information content (AvgIpc) is 2.84. The molecule has 0 atom stereocenters. The molecule has 0 radical (unpaired) electrons. The lowest BCUT2D eigenvalue weighted by Gasteiger charge is -2.04. The van der Waals surface area contributed by atoms with Gasteiger partial charge in [-0.1, -0.05) is 41.0 Å². The second kappa shape index (κ2) is 7.45. The third kappa shape index (κ3) is 4.98. The lowest BCUT2D eigenvalue weighted by atomic mass is 10.2. The Labute approximate surface area is 127 Å². The summed E-state index contributed by atoms with van der Waals surface area (Å²) in [6.07, 6.45) is 0. The Morgan fingerprint density at radius 3 is 2.95 bits per heavy atom. The number of rotatable bonds is 7. The Balaban J connectivity index is 1.80. The Morgan fingerprint density at radius 1 is 1.35 bits per heavy atom. The fraction of sp³-hybridized carbons (Fsp3) is 0.400. The van der Waals surface area contributed by atoms with Crippen molar-refractivity contribution in [2.45, 2.75) is 27.0 Å². The van der Waals surface area contributed by atoms with Crippen molar-refractivity contribution in [3.05, 3.63) is 46.3 Å². The Morgan fingerprint density at radius 2 is 2.20 bits per heavy atom. The molecular weight excluding hydrogens is 320 g/mol. The molecule has 5 heteroatoms. The average molecular weight is 339 g/mol. The van der Waals surface area contributed by atoms with E-state index in [0.29, 0.717) is 12.5 Å². The van der Waals surface area contributed by atoms with Gasteiger partial charge in [-0.15, -0.1) is 0 Å². The van der Waals surface area contributed by atoms with Crippen LogP contribution in [0.2, 0.25) is 0 Å². The van der Waals surface area contributed by atoms with Gasteiger partial charge in [0.05, 0.1) is 5.69 Å². The van der Waals surface area contributed by atoms with Crippen LogP contribution < -0.4 is 10.1 Å². The molecule has 0 unspecified atom stereocenters. The summed E-state index contributed by atoms with van der Waals surface area (Å²) in [5.41, 5.74) is 0.901. The molecule has 1 heterocycles. The summed E-state index contributed by atoms with van der Waals surface area (Å²) < 4.78 is 11.9. The second-order valence-corrected chi connectivity index (χ2v) is 5.97. The standard InChI is InChI=1S/C15H19BrN2O2/c1-11(2)8-17-9-13-7-15(20-18-13)10-19-14-5-3-4-12(16)6-14/h3-7,11,17H,8-10H2,1-2H3. The van der Waals surface area contributed by atoms with Crippen molar-refractivity contribution < 1.29 is 9.26 Å². The smallest absolute Gasteiger partial charge is 0.174 e. The topological polar surface area (TPSA) is 47.3 Å². The van der Waals surface area contributed by atoms with Crippen molar-refractivity contribution in [2.24, 2.45) is 5.92 Å². The van der Waals surface area contributed by atoms with Crippen molar-refractivity contribution in [3.63, 3.8) is 0 Å². The first-order chi connectivity index (χ1) is 9.63. The SMILES string of the molecule is CC(C)CNCc1cc(COc2cccc(Br)c2)on1. The van der Waals surface area contributed by atoms with Gasteiger partial charge >= 0.3 is 0 Å². The Kier molecular flexibility index (Phi) is 5.61. The zero-order chi connectivity index (χ0) is 14.4. The molecule has 0 aliphatic carbocycles. The molecule has 1 N–H and O–H groups in total. The molecule has 1 aromatic carbocycles. The third-order valence-electron chi connectivity index (χ3n) is 2.64. The quantitative estimate of drug-likeness (QED) is 0.834. The molecule has 1 aromatic heterocycles. The van der Waals surface area contributed by atoms with Crippen LogP contribution in [0.5, 0.6) is 5.75 Å². The number of aromatic nitrogens is 1. The molecule has 0 bridgehead atoms. The number of benzene rings is 1. The molecule has 2 rings (SSSR count). The zero-order valence-corrected chi connectivity index (χ0v) is 13.3. The lowest BCUT2D eigenvalue weighted by molar-refractivity contribution is 0.248. The number of hydrogen-bond donors (Lipinski definition) is 1. The maximum Gasteiger partial charge on any atom is 0.174 e. The fourth-order valence-corrected chi connectivity index (χ4v) is 2.09. The van der Waals surface area contributed by atoms with Gasteiger partial charge in [0.1, 0.15) is 12.4 Å². The highest BCUT2D eigenvalue weighted by Gasteiger charge is 2.05. The van der Waals surface area contributed by atoms with Crippen molar-refractivity contribution in [2.75, 3.05) is 6.54 Å². The van der Waals surface area contributed by atoms with Gasteiger partial charge in [-0.3, -0.25) is 0 Å². The summed E-state index contributed by atoms with van der Waals surface area (Å²) in [5, 5.41) is 7.34. The minimum atomic E-state index is 0.383. The van der Waals surface area contributed by atoms with Gasteiger partial charge in [0.15, 0.2) is 5.76 Å². The van der Waals surface area contributed by atoms with E-state index in [1.54, 1.807) is 0 Å². The van der Waals surface area contributed by atoms with Gasteiger partial charge in [0, 0.05) is 17.1 Å². The van der Waals surface area contributed by atoms with Gasteiger partial charge in [0.2, 0.25) is 0 Å². The third-order valence-corrected chi connectivity index (χ3v) is 3.14. The lowest BCUT2D eigenvalue weighted by Crippen LogP contribution is -2.19. The van der Waals surface area contributed by atoms with Crippen LogP contribution in [0.1, 0.15) is 25.3 Å². The van der Waals surface area contributed by atoms with Crippen LogP contribution in [0.3, 0.4) is 0 Å². The van der Waals surface area contributed by atoms with Gasteiger partial charge in [-0.25, -0.2) is 0 Å². The molecule has 108 valence electrons. The first-order valence-electron chi connectivity index (χ1n) is 6.67. The fourth-order valence-electron chi connectivity index (χ4n) is 1.71. The molecule has 0 spiro atoms. The van der Waals surface area contributed by atoms with Crippen LogP contribution >= 0.6 is 15.9 Å². The summed E-state index contributed by atoms with van der Waals surface area (Å²) in [4.78, 5) is 0. The summed E-state index contributed by atoms with van der Waals surface area (Å²) in [5.74, 6) is 2.16. The minimum absolute atomic E-state index is 0.383. The highest BCUT2D eigenvalue weighted by Crippen LogP contribution is 2.19. The van der Waals surface area contributed by atoms with Crippen LogP contribution in [0, 0.1) is 5.92 Å². The van der Waals surface area contributed by atoms with E-state index in [0.717, 1.165) is 34.8 Å². The van der Waals surface area contributed by atoms with Crippen LogP contribution in [-0.2, 0) is 13.2 Å². The van der Waals surface area contributed by atoms with Crippen LogP contribution in [0.25, 0.3) is 0 Å².